The van der Waals surface area contributed by atoms with E-state index in [0.29, 0.717) is 12.4 Å². The minimum Gasteiger partial charge on any atom is -0.347 e. The van der Waals surface area contributed by atoms with Crippen LogP contribution in [-0.4, -0.2) is 42.4 Å². The van der Waals surface area contributed by atoms with Crippen molar-refractivity contribution in [3.05, 3.63) is 74.5 Å². The molecule has 2 amide bonds. The van der Waals surface area contributed by atoms with Crippen molar-refractivity contribution < 1.29 is 9.59 Å². The fraction of sp³-hybridized carbons (Fsp3) is 0.292. The van der Waals surface area contributed by atoms with Crippen LogP contribution in [0.25, 0.3) is 11.4 Å². The smallest absolute Gasteiger partial charge is 0.270 e. The number of nitrogens with one attached hydrogen (secondary N) is 3. The predicted molar refractivity (Wildman–Crippen MR) is 130 cm³/mol. The van der Waals surface area contributed by atoms with Gasteiger partial charge < -0.3 is 10.6 Å². The number of benzene rings is 1. The number of nitrogens with zero attached hydrogens (tertiary/aromatic N) is 5. The van der Waals surface area contributed by atoms with Gasteiger partial charge in [0, 0.05) is 23.1 Å². The lowest BCUT2D eigenvalue weighted by Crippen LogP contribution is -2.29. The van der Waals surface area contributed by atoms with Crippen molar-refractivity contribution in [2.24, 2.45) is 0 Å². The van der Waals surface area contributed by atoms with Crippen LogP contribution in [0.2, 0.25) is 0 Å². The van der Waals surface area contributed by atoms with E-state index in [1.165, 1.54) is 22.8 Å². The molecule has 0 fully saturated rings. The Labute approximate surface area is 205 Å². The van der Waals surface area contributed by atoms with Gasteiger partial charge in [-0.15, -0.1) is 21.5 Å². The van der Waals surface area contributed by atoms with Gasteiger partial charge >= 0.3 is 0 Å². The van der Waals surface area contributed by atoms with Crippen LogP contribution >= 0.6 is 11.3 Å². The maximum Gasteiger partial charge on any atom is 0.270 e. The summed E-state index contributed by atoms with van der Waals surface area (Å²) in [5.41, 5.74) is 5.61. The summed E-state index contributed by atoms with van der Waals surface area (Å²) in [6.07, 6.45) is 3.82. The quantitative estimate of drug-likeness (QED) is 0.363. The normalized spacial score (nSPS) is 14.5. The molecule has 1 atom stereocenters. The standard InChI is InChI=1S/C24H24N8O2S/c1-3-15-8-14(11-35-15)10-25-23(33)20-9-21(27-12-26-20)24(34)28-19-7-6-16-13(2)17(4-5-18(16)19)22-29-31-32-30-22/h4-5,8-9,11-12,19H,3,6-7,10H2,1-2H3,(H,25,33)(H,28,34)(H,29,30,31,32)/t19-/m0/s1. The van der Waals surface area contributed by atoms with E-state index in [4.69, 9.17) is 0 Å². The molecule has 0 saturated carbocycles. The van der Waals surface area contributed by atoms with Crippen LogP contribution in [0.1, 0.15) is 67.5 Å². The Balaban J connectivity index is 1.26. The van der Waals surface area contributed by atoms with E-state index in [1.54, 1.807) is 11.3 Å². The van der Waals surface area contributed by atoms with Crippen LogP contribution in [-0.2, 0) is 19.4 Å². The molecule has 0 bridgehead atoms. The average molecular weight is 489 g/mol. The molecule has 0 aliphatic heterocycles. The fourth-order valence-corrected chi connectivity index (χ4v) is 5.20. The number of thiophene rings is 1. The first-order valence-corrected chi connectivity index (χ1v) is 12.2. The summed E-state index contributed by atoms with van der Waals surface area (Å²) in [4.78, 5) is 35.0. The molecule has 1 aromatic carbocycles. The van der Waals surface area contributed by atoms with E-state index in [9.17, 15) is 9.59 Å². The molecule has 0 spiro atoms. The molecule has 3 aromatic heterocycles. The van der Waals surface area contributed by atoms with Gasteiger partial charge in [0.2, 0.25) is 5.82 Å². The van der Waals surface area contributed by atoms with Crippen LogP contribution in [0.5, 0.6) is 0 Å². The number of fused-ring (bicyclic) bond motifs is 1. The molecule has 4 aromatic rings. The Hall–Kier alpha value is -3.99. The predicted octanol–water partition coefficient (Wildman–Crippen LogP) is 2.94. The number of carbonyl (C=O) groups excluding carboxylic acids is 2. The van der Waals surface area contributed by atoms with Gasteiger partial charge in [0.1, 0.15) is 17.7 Å². The van der Waals surface area contributed by atoms with Crippen LogP contribution < -0.4 is 10.6 Å². The molecule has 0 radical (unpaired) electrons. The molecule has 0 saturated heterocycles. The molecule has 35 heavy (non-hydrogen) atoms. The molecule has 11 heteroatoms. The van der Waals surface area contributed by atoms with Crippen molar-refractivity contribution >= 4 is 23.2 Å². The summed E-state index contributed by atoms with van der Waals surface area (Å²) in [7, 11) is 0. The number of hydrogen-bond acceptors (Lipinski definition) is 8. The first-order valence-electron chi connectivity index (χ1n) is 11.4. The number of aromatic amines is 1. The molecule has 3 heterocycles. The van der Waals surface area contributed by atoms with E-state index in [2.05, 4.69) is 54.2 Å². The SMILES string of the molecule is CCc1cc(CNC(=O)c2cc(C(=O)N[C@H]3CCc4c3ccc(-c3nn[nH]n3)c4C)ncn2)cs1. The van der Waals surface area contributed by atoms with Gasteiger partial charge in [0.05, 0.1) is 6.04 Å². The van der Waals surface area contributed by atoms with E-state index in [0.717, 1.165) is 41.5 Å². The Kier molecular flexibility index (Phi) is 6.32. The van der Waals surface area contributed by atoms with Crippen molar-refractivity contribution in [3.8, 4) is 11.4 Å². The first kappa shape index (κ1) is 22.8. The van der Waals surface area contributed by atoms with Crippen LogP contribution in [0, 0.1) is 6.92 Å². The number of carbonyl (C=O) groups is 2. The number of rotatable bonds is 7. The van der Waals surface area contributed by atoms with Crippen LogP contribution in [0.4, 0.5) is 0 Å². The molecule has 1 aliphatic carbocycles. The van der Waals surface area contributed by atoms with Crippen molar-refractivity contribution in [1.29, 1.82) is 0 Å². The van der Waals surface area contributed by atoms with Crippen molar-refractivity contribution in [1.82, 2.24) is 41.2 Å². The lowest BCUT2D eigenvalue weighted by molar-refractivity contribution is 0.0931. The average Bonchev–Trinajstić information content (AvgIpc) is 3.64. The van der Waals surface area contributed by atoms with Gasteiger partial charge in [-0.1, -0.05) is 19.1 Å². The summed E-state index contributed by atoms with van der Waals surface area (Å²) in [5, 5.41) is 22.2. The van der Waals surface area contributed by atoms with Gasteiger partial charge in [-0.3, -0.25) is 9.59 Å². The molecule has 10 nitrogen and oxygen atoms in total. The van der Waals surface area contributed by atoms with E-state index in [-0.39, 0.29) is 29.2 Å². The zero-order valence-corrected chi connectivity index (χ0v) is 20.1. The second-order valence-electron chi connectivity index (χ2n) is 8.35. The Morgan fingerprint density at radius 3 is 2.74 bits per heavy atom. The van der Waals surface area contributed by atoms with Gasteiger partial charge in [-0.05, 0) is 65.1 Å². The highest BCUT2D eigenvalue weighted by Gasteiger charge is 2.28. The number of tetrazole rings is 1. The van der Waals surface area contributed by atoms with Gasteiger partial charge in [-0.2, -0.15) is 5.21 Å². The molecule has 5 rings (SSSR count). The molecular formula is C24H24N8O2S. The highest BCUT2D eigenvalue weighted by Crippen LogP contribution is 2.36. The minimum atomic E-state index is -0.346. The zero-order chi connectivity index (χ0) is 24.4. The molecule has 3 N–H and O–H groups in total. The molecule has 0 unspecified atom stereocenters. The molecular weight excluding hydrogens is 464 g/mol. The van der Waals surface area contributed by atoms with Gasteiger partial charge in [0.25, 0.3) is 11.8 Å². The largest absolute Gasteiger partial charge is 0.347 e. The monoisotopic (exact) mass is 488 g/mol. The fourth-order valence-electron chi connectivity index (χ4n) is 4.36. The highest BCUT2D eigenvalue weighted by atomic mass is 32.1. The second-order valence-corrected chi connectivity index (χ2v) is 9.35. The van der Waals surface area contributed by atoms with Crippen molar-refractivity contribution in [3.63, 3.8) is 0 Å². The maximum atomic E-state index is 13.0. The van der Waals surface area contributed by atoms with E-state index < -0.39 is 0 Å². The molecule has 178 valence electrons. The van der Waals surface area contributed by atoms with Crippen molar-refractivity contribution in [2.75, 3.05) is 0 Å². The second kappa shape index (κ2) is 9.71. The Morgan fingerprint density at radius 2 is 2.00 bits per heavy atom. The van der Waals surface area contributed by atoms with Crippen LogP contribution in [0.3, 0.4) is 0 Å². The van der Waals surface area contributed by atoms with Crippen molar-refractivity contribution in [2.45, 2.75) is 45.7 Å². The lowest BCUT2D eigenvalue weighted by Gasteiger charge is -2.15. The van der Waals surface area contributed by atoms with Gasteiger partial charge in [-0.25, -0.2) is 9.97 Å². The zero-order valence-electron chi connectivity index (χ0n) is 19.3. The van der Waals surface area contributed by atoms with Gasteiger partial charge in [0.15, 0.2) is 0 Å². The number of aromatic nitrogens is 6. The third kappa shape index (κ3) is 4.67. The lowest BCUT2D eigenvalue weighted by atomic mass is 9.97. The topological polar surface area (TPSA) is 138 Å². The summed E-state index contributed by atoms with van der Waals surface area (Å²) < 4.78 is 0. The Morgan fingerprint density at radius 1 is 1.17 bits per heavy atom. The third-order valence-corrected chi connectivity index (χ3v) is 7.36. The van der Waals surface area contributed by atoms with E-state index >= 15 is 0 Å². The number of amides is 2. The first-order chi connectivity index (χ1) is 17.0. The van der Waals surface area contributed by atoms with Crippen LogP contribution in [0.15, 0.2) is 36.0 Å². The number of aryl methyl sites for hydroxylation is 1. The maximum absolute atomic E-state index is 13.0. The minimum absolute atomic E-state index is 0.144. The third-order valence-electron chi connectivity index (χ3n) is 6.23. The number of H-pyrrole nitrogens is 1. The highest BCUT2D eigenvalue weighted by molar-refractivity contribution is 7.10. The summed E-state index contributed by atoms with van der Waals surface area (Å²) in [6, 6.07) is 7.31. The Bertz CT molecular complexity index is 1380. The summed E-state index contributed by atoms with van der Waals surface area (Å²) in [5.74, 6) is -0.138. The molecule has 1 aliphatic rings. The summed E-state index contributed by atoms with van der Waals surface area (Å²) in [6.45, 7) is 4.54. The number of hydrogen-bond donors (Lipinski definition) is 3. The summed E-state index contributed by atoms with van der Waals surface area (Å²) >= 11 is 1.67. The van der Waals surface area contributed by atoms with E-state index in [1.807, 2.05) is 24.4 Å².